The summed E-state index contributed by atoms with van der Waals surface area (Å²) in [4.78, 5) is 0. The van der Waals surface area contributed by atoms with Crippen LogP contribution in [0.15, 0.2) is 40.9 Å². The quantitative estimate of drug-likeness (QED) is 0.841. The third-order valence-corrected chi connectivity index (χ3v) is 3.95. The molecule has 3 heteroatoms. The third-order valence-electron chi connectivity index (χ3n) is 3.33. The summed E-state index contributed by atoms with van der Waals surface area (Å²) in [6, 6.07) is 12.3. The molecule has 2 nitrogen and oxygen atoms in total. The summed E-state index contributed by atoms with van der Waals surface area (Å²) in [5.74, 6) is 2.20. The van der Waals surface area contributed by atoms with Crippen LogP contribution in [0.25, 0.3) is 0 Å². The highest BCUT2D eigenvalue weighted by atomic mass is 79.9. The Bertz CT molecular complexity index is 608. The molecule has 0 heterocycles. The van der Waals surface area contributed by atoms with Crippen LogP contribution >= 0.6 is 15.9 Å². The summed E-state index contributed by atoms with van der Waals surface area (Å²) < 4.78 is 6.97. The van der Waals surface area contributed by atoms with E-state index >= 15 is 0 Å². The van der Waals surface area contributed by atoms with Crippen molar-refractivity contribution in [2.24, 2.45) is 5.73 Å². The number of ether oxygens (including phenoxy) is 1. The first-order chi connectivity index (χ1) is 9.51. The average Bonchev–Trinajstić information content (AvgIpc) is 2.42. The zero-order chi connectivity index (χ0) is 14.7. The van der Waals surface area contributed by atoms with Gasteiger partial charge < -0.3 is 10.5 Å². The Morgan fingerprint density at radius 1 is 1.10 bits per heavy atom. The van der Waals surface area contributed by atoms with Crippen LogP contribution in [0.5, 0.6) is 11.5 Å². The number of aryl methyl sites for hydroxylation is 1. The fourth-order valence-electron chi connectivity index (χ4n) is 1.96. The van der Waals surface area contributed by atoms with Gasteiger partial charge in [0, 0.05) is 6.54 Å². The van der Waals surface area contributed by atoms with Crippen LogP contribution in [-0.2, 0) is 6.54 Å². The lowest BCUT2D eigenvalue weighted by atomic mass is 10.0. The van der Waals surface area contributed by atoms with Gasteiger partial charge in [0.25, 0.3) is 0 Å². The highest BCUT2D eigenvalue weighted by molar-refractivity contribution is 9.10. The molecule has 2 aromatic rings. The van der Waals surface area contributed by atoms with Crippen LogP contribution in [0.1, 0.15) is 36.5 Å². The zero-order valence-electron chi connectivity index (χ0n) is 12.1. The van der Waals surface area contributed by atoms with Crippen molar-refractivity contribution >= 4 is 15.9 Å². The highest BCUT2D eigenvalue weighted by Gasteiger charge is 2.08. The monoisotopic (exact) mass is 333 g/mol. The van der Waals surface area contributed by atoms with Crippen molar-refractivity contribution in [2.75, 3.05) is 0 Å². The third kappa shape index (κ3) is 3.41. The van der Waals surface area contributed by atoms with Crippen molar-refractivity contribution in [3.05, 3.63) is 57.6 Å². The maximum Gasteiger partial charge on any atom is 0.141 e. The molecule has 0 aromatic heterocycles. The first kappa shape index (κ1) is 15.1. The Balaban J connectivity index is 2.32. The van der Waals surface area contributed by atoms with Gasteiger partial charge in [-0.1, -0.05) is 32.0 Å². The van der Waals surface area contributed by atoms with E-state index in [1.165, 1.54) is 5.56 Å². The molecule has 0 amide bonds. The zero-order valence-corrected chi connectivity index (χ0v) is 13.7. The van der Waals surface area contributed by atoms with Gasteiger partial charge in [0.2, 0.25) is 0 Å². The molecule has 0 saturated heterocycles. The van der Waals surface area contributed by atoms with Crippen LogP contribution in [-0.4, -0.2) is 0 Å². The fraction of sp³-hybridized carbons (Fsp3) is 0.294. The van der Waals surface area contributed by atoms with E-state index in [1.807, 2.05) is 18.2 Å². The molecule has 20 heavy (non-hydrogen) atoms. The molecule has 0 bridgehead atoms. The summed E-state index contributed by atoms with van der Waals surface area (Å²) in [6.45, 7) is 6.95. The van der Waals surface area contributed by atoms with E-state index in [2.05, 4.69) is 54.9 Å². The topological polar surface area (TPSA) is 35.2 Å². The molecule has 0 aliphatic carbocycles. The first-order valence-electron chi connectivity index (χ1n) is 6.78. The Labute approximate surface area is 129 Å². The normalized spacial score (nSPS) is 10.9. The van der Waals surface area contributed by atoms with Gasteiger partial charge in [-0.2, -0.15) is 0 Å². The van der Waals surface area contributed by atoms with E-state index in [9.17, 15) is 0 Å². The summed E-state index contributed by atoms with van der Waals surface area (Å²) in [7, 11) is 0. The minimum Gasteiger partial charge on any atom is -0.456 e. The van der Waals surface area contributed by atoms with Gasteiger partial charge in [-0.15, -0.1) is 0 Å². The molecule has 0 aliphatic heterocycles. The Morgan fingerprint density at radius 2 is 1.85 bits per heavy atom. The number of hydrogen-bond acceptors (Lipinski definition) is 2. The van der Waals surface area contributed by atoms with E-state index in [0.717, 1.165) is 27.1 Å². The summed E-state index contributed by atoms with van der Waals surface area (Å²) in [5, 5.41) is 0. The largest absolute Gasteiger partial charge is 0.456 e. The maximum absolute atomic E-state index is 6.04. The van der Waals surface area contributed by atoms with Crippen molar-refractivity contribution in [2.45, 2.75) is 33.2 Å². The smallest absolute Gasteiger partial charge is 0.141 e. The van der Waals surface area contributed by atoms with Crippen LogP contribution in [0, 0.1) is 6.92 Å². The van der Waals surface area contributed by atoms with Crippen molar-refractivity contribution in [1.29, 1.82) is 0 Å². The lowest BCUT2D eigenvalue weighted by Gasteiger charge is -2.14. The molecule has 0 spiro atoms. The highest BCUT2D eigenvalue weighted by Crippen LogP contribution is 2.33. The van der Waals surface area contributed by atoms with E-state index in [1.54, 1.807) is 0 Å². The summed E-state index contributed by atoms with van der Waals surface area (Å²) in [5.41, 5.74) is 9.12. The van der Waals surface area contributed by atoms with Crippen LogP contribution < -0.4 is 10.5 Å². The SMILES string of the molecule is Cc1ccc(C(C)C)cc1Oc1ccc(CN)cc1Br. The maximum atomic E-state index is 6.04. The van der Waals surface area contributed by atoms with Gasteiger partial charge in [0.05, 0.1) is 4.47 Å². The Morgan fingerprint density at radius 3 is 2.45 bits per heavy atom. The average molecular weight is 334 g/mol. The second kappa shape index (κ2) is 6.42. The number of nitrogens with two attached hydrogens (primary N) is 1. The molecular formula is C17H20BrNO. The van der Waals surface area contributed by atoms with Crippen LogP contribution in [0.4, 0.5) is 0 Å². The van der Waals surface area contributed by atoms with E-state index in [-0.39, 0.29) is 0 Å². The van der Waals surface area contributed by atoms with Gasteiger partial charge in [-0.05, 0) is 63.7 Å². The molecule has 0 unspecified atom stereocenters. The van der Waals surface area contributed by atoms with E-state index in [4.69, 9.17) is 10.5 Å². The lowest BCUT2D eigenvalue weighted by molar-refractivity contribution is 0.474. The number of hydrogen-bond donors (Lipinski definition) is 1. The predicted octanol–water partition coefficient (Wildman–Crippen LogP) is 5.13. The minimum absolute atomic E-state index is 0.487. The Kier molecular flexibility index (Phi) is 4.84. The molecule has 0 fully saturated rings. The molecular weight excluding hydrogens is 314 g/mol. The minimum atomic E-state index is 0.487. The van der Waals surface area contributed by atoms with E-state index < -0.39 is 0 Å². The number of rotatable bonds is 4. The number of benzene rings is 2. The molecule has 2 N–H and O–H groups in total. The van der Waals surface area contributed by atoms with Gasteiger partial charge in [-0.3, -0.25) is 0 Å². The molecule has 0 radical (unpaired) electrons. The second-order valence-corrected chi connectivity index (χ2v) is 6.10. The van der Waals surface area contributed by atoms with Crippen molar-refractivity contribution in [3.63, 3.8) is 0 Å². The lowest BCUT2D eigenvalue weighted by Crippen LogP contribution is -1.97. The standard InChI is InChI=1S/C17H20BrNO/c1-11(2)14-6-4-12(3)17(9-14)20-16-7-5-13(10-19)8-15(16)18/h4-9,11H,10,19H2,1-3H3. The molecule has 0 aliphatic rings. The fourth-order valence-corrected chi connectivity index (χ4v) is 2.47. The summed E-state index contributed by atoms with van der Waals surface area (Å²) in [6.07, 6.45) is 0. The molecule has 106 valence electrons. The van der Waals surface area contributed by atoms with Gasteiger partial charge in [0.1, 0.15) is 11.5 Å². The van der Waals surface area contributed by atoms with Gasteiger partial charge in [0.15, 0.2) is 0 Å². The van der Waals surface area contributed by atoms with E-state index in [0.29, 0.717) is 12.5 Å². The number of halogens is 1. The molecule has 2 aromatic carbocycles. The predicted molar refractivity (Wildman–Crippen MR) is 87.4 cm³/mol. The first-order valence-corrected chi connectivity index (χ1v) is 7.57. The summed E-state index contributed by atoms with van der Waals surface area (Å²) >= 11 is 3.54. The second-order valence-electron chi connectivity index (χ2n) is 5.25. The van der Waals surface area contributed by atoms with Crippen molar-refractivity contribution < 1.29 is 4.74 Å². The van der Waals surface area contributed by atoms with Crippen LogP contribution in [0.2, 0.25) is 0 Å². The van der Waals surface area contributed by atoms with Gasteiger partial charge in [-0.25, -0.2) is 0 Å². The van der Waals surface area contributed by atoms with Crippen LogP contribution in [0.3, 0.4) is 0 Å². The molecule has 2 rings (SSSR count). The van der Waals surface area contributed by atoms with Crippen molar-refractivity contribution in [3.8, 4) is 11.5 Å². The van der Waals surface area contributed by atoms with Gasteiger partial charge >= 0.3 is 0 Å². The molecule has 0 saturated carbocycles. The van der Waals surface area contributed by atoms with Crippen molar-refractivity contribution in [1.82, 2.24) is 0 Å². The Hall–Kier alpha value is -1.32. The molecule has 0 atom stereocenters.